The Balaban J connectivity index is 1.76. The summed E-state index contributed by atoms with van der Waals surface area (Å²) in [5.74, 6) is -9.14. The first-order chi connectivity index (χ1) is 15.8. The van der Waals surface area contributed by atoms with Crippen molar-refractivity contribution in [3.8, 4) is 11.1 Å². The second-order valence-electron chi connectivity index (χ2n) is 7.74. The van der Waals surface area contributed by atoms with Crippen LogP contribution in [0.15, 0.2) is 48.5 Å². The highest BCUT2D eigenvalue weighted by Crippen LogP contribution is 2.38. The van der Waals surface area contributed by atoms with E-state index in [1.165, 1.54) is 6.07 Å². The van der Waals surface area contributed by atoms with Gasteiger partial charge in [-0.1, -0.05) is 42.5 Å². The van der Waals surface area contributed by atoms with Gasteiger partial charge in [0, 0.05) is 24.2 Å². The van der Waals surface area contributed by atoms with E-state index in [-0.39, 0.29) is 0 Å². The molecular weight excluding hydrogens is 468 g/mol. The summed E-state index contributed by atoms with van der Waals surface area (Å²) in [4.78, 5) is 37.5. The van der Waals surface area contributed by atoms with Gasteiger partial charge in [-0.25, -0.2) is 4.39 Å². The fourth-order valence-electron chi connectivity index (χ4n) is 3.32. The van der Waals surface area contributed by atoms with Gasteiger partial charge in [0.2, 0.25) is 0 Å². The summed E-state index contributed by atoms with van der Waals surface area (Å²) >= 11 is 0. The molecule has 34 heavy (non-hydrogen) atoms. The molecule has 2 aromatic rings. The van der Waals surface area contributed by atoms with Gasteiger partial charge in [-0.2, -0.15) is 22.0 Å². The number of hydrogen-bond donors (Lipinski definition) is 3. The molecule has 12 heteroatoms. The number of nitrogens with one attached hydrogen (secondary N) is 3. The zero-order chi connectivity index (χ0) is 25.3. The number of para-hydroxylation sites is 1. The first-order valence-electron chi connectivity index (χ1n) is 9.97. The van der Waals surface area contributed by atoms with E-state index < -0.39 is 54.5 Å². The maximum atomic E-state index is 15.0. The van der Waals surface area contributed by atoms with Crippen LogP contribution in [0.25, 0.3) is 11.1 Å². The minimum absolute atomic E-state index is 0.305. The van der Waals surface area contributed by atoms with Crippen molar-refractivity contribution in [2.75, 3.05) is 11.9 Å². The summed E-state index contributed by atoms with van der Waals surface area (Å²) in [6, 6.07) is 11.8. The molecule has 0 saturated heterocycles. The molecular formula is C22H19F6N3O3. The van der Waals surface area contributed by atoms with Crippen molar-refractivity contribution in [1.29, 1.82) is 0 Å². The van der Waals surface area contributed by atoms with Crippen molar-refractivity contribution < 1.29 is 40.7 Å². The Morgan fingerprint density at radius 2 is 1.50 bits per heavy atom. The van der Waals surface area contributed by atoms with Crippen LogP contribution in [0.3, 0.4) is 0 Å². The van der Waals surface area contributed by atoms with Crippen LogP contribution in [0.1, 0.15) is 24.9 Å². The maximum Gasteiger partial charge on any atom is 0.453 e. The molecule has 1 heterocycles. The lowest BCUT2D eigenvalue weighted by Gasteiger charge is -2.24. The molecule has 0 bridgehead atoms. The molecule has 0 aliphatic carbocycles. The predicted molar refractivity (Wildman–Crippen MR) is 110 cm³/mol. The third kappa shape index (κ3) is 4.85. The average Bonchev–Trinajstić information content (AvgIpc) is 2.87. The molecule has 6 nitrogen and oxygen atoms in total. The largest absolute Gasteiger partial charge is 0.453 e. The Morgan fingerprint density at radius 3 is 2.15 bits per heavy atom. The summed E-state index contributed by atoms with van der Waals surface area (Å²) < 4.78 is 77.7. The van der Waals surface area contributed by atoms with Crippen LogP contribution >= 0.6 is 0 Å². The molecule has 3 N–H and O–H groups in total. The summed E-state index contributed by atoms with van der Waals surface area (Å²) in [5, 5.41) is 6.31. The Bertz CT molecular complexity index is 1120. The number of hydrogen-bond acceptors (Lipinski definition) is 3. The number of halogens is 6. The fraction of sp³-hybridized carbons (Fsp3) is 0.318. The lowest BCUT2D eigenvalue weighted by atomic mass is 9.94. The zero-order valence-electron chi connectivity index (χ0n) is 17.6. The minimum Gasteiger partial charge on any atom is -0.353 e. The van der Waals surface area contributed by atoms with Crippen molar-refractivity contribution in [1.82, 2.24) is 10.6 Å². The molecule has 0 saturated carbocycles. The normalized spacial score (nSPS) is 17.4. The highest BCUT2D eigenvalue weighted by atomic mass is 19.4. The van der Waals surface area contributed by atoms with Crippen LogP contribution in [-0.2, 0) is 14.4 Å². The number of benzene rings is 2. The van der Waals surface area contributed by atoms with E-state index in [0.717, 1.165) is 0 Å². The molecule has 0 fully saturated rings. The van der Waals surface area contributed by atoms with Crippen molar-refractivity contribution in [2.45, 2.75) is 37.2 Å². The highest BCUT2D eigenvalue weighted by molar-refractivity contribution is 6.10. The molecule has 0 aromatic heterocycles. The molecule has 0 radical (unpaired) electrons. The highest BCUT2D eigenvalue weighted by Gasteiger charge is 2.57. The molecule has 2 atom stereocenters. The standard InChI is InChI=1S/C22H19F6N3O3/c1-20(23,18(33)29-11-10-21(24,25)22(26,27)28)19(34)31-16-14-8-3-2-6-12(14)13-7-4-5-9-15(13)30-17(16)32/h2-9,16H,10-11H2,1H3,(H,29,33)(H,30,32)(H,31,34)/t16-,20-/m0/s1. The monoisotopic (exact) mass is 487 g/mol. The van der Waals surface area contributed by atoms with Gasteiger partial charge in [-0.3, -0.25) is 14.4 Å². The summed E-state index contributed by atoms with van der Waals surface area (Å²) in [6.07, 6.45) is -7.68. The van der Waals surface area contributed by atoms with Crippen LogP contribution in [-0.4, -0.2) is 42.0 Å². The SMILES string of the molecule is C[C@](F)(C(=O)NCCC(F)(F)C(F)(F)F)C(=O)N[C@@H]1C(=O)Nc2ccccc2-c2ccccc21. The van der Waals surface area contributed by atoms with E-state index in [2.05, 4.69) is 10.6 Å². The Morgan fingerprint density at radius 1 is 0.912 bits per heavy atom. The quantitative estimate of drug-likeness (QED) is 0.427. The van der Waals surface area contributed by atoms with Gasteiger partial charge < -0.3 is 16.0 Å². The third-order valence-electron chi connectivity index (χ3n) is 5.28. The second-order valence-corrected chi connectivity index (χ2v) is 7.74. The van der Waals surface area contributed by atoms with Gasteiger partial charge in [0.1, 0.15) is 6.04 Å². The Labute approximate surface area is 189 Å². The summed E-state index contributed by atoms with van der Waals surface area (Å²) in [6.45, 7) is -0.727. The molecule has 1 aliphatic rings. The van der Waals surface area contributed by atoms with Crippen LogP contribution in [0.4, 0.5) is 32.0 Å². The molecule has 2 aromatic carbocycles. The lowest BCUT2D eigenvalue weighted by molar-refractivity contribution is -0.283. The second kappa shape index (κ2) is 8.99. The zero-order valence-corrected chi connectivity index (χ0v) is 17.6. The Hall–Kier alpha value is -3.57. The first kappa shape index (κ1) is 25.1. The molecule has 3 rings (SSSR count). The number of alkyl halides is 6. The molecule has 0 unspecified atom stereocenters. The average molecular weight is 487 g/mol. The van der Waals surface area contributed by atoms with Crippen molar-refractivity contribution >= 4 is 23.4 Å². The summed E-state index contributed by atoms with van der Waals surface area (Å²) in [7, 11) is 0. The number of amides is 3. The molecule has 3 amide bonds. The number of carbonyl (C=O) groups is 3. The van der Waals surface area contributed by atoms with Crippen LogP contribution < -0.4 is 16.0 Å². The number of carbonyl (C=O) groups excluding carboxylic acids is 3. The lowest BCUT2D eigenvalue weighted by Crippen LogP contribution is -2.54. The molecule has 182 valence electrons. The maximum absolute atomic E-state index is 15.0. The molecule has 1 aliphatic heterocycles. The number of fused-ring (bicyclic) bond motifs is 3. The number of anilines is 1. The van der Waals surface area contributed by atoms with Gasteiger partial charge in [0.15, 0.2) is 0 Å². The van der Waals surface area contributed by atoms with Crippen molar-refractivity contribution in [3.05, 3.63) is 54.1 Å². The van der Waals surface area contributed by atoms with Gasteiger partial charge in [-0.05, 0) is 24.1 Å². The van der Waals surface area contributed by atoms with Gasteiger partial charge >= 0.3 is 12.1 Å². The minimum atomic E-state index is -5.84. The van der Waals surface area contributed by atoms with E-state index in [1.54, 1.807) is 47.8 Å². The van der Waals surface area contributed by atoms with Gasteiger partial charge in [0.25, 0.3) is 23.4 Å². The van der Waals surface area contributed by atoms with E-state index in [0.29, 0.717) is 29.3 Å². The van der Waals surface area contributed by atoms with Crippen LogP contribution in [0, 0.1) is 0 Å². The third-order valence-corrected chi connectivity index (χ3v) is 5.28. The van der Waals surface area contributed by atoms with Crippen molar-refractivity contribution in [3.63, 3.8) is 0 Å². The first-order valence-corrected chi connectivity index (χ1v) is 9.97. The molecule has 0 spiro atoms. The Kier molecular flexibility index (Phi) is 6.63. The smallest absolute Gasteiger partial charge is 0.353 e. The number of rotatable bonds is 6. The van der Waals surface area contributed by atoms with Crippen LogP contribution in [0.2, 0.25) is 0 Å². The van der Waals surface area contributed by atoms with E-state index in [4.69, 9.17) is 0 Å². The fourth-order valence-corrected chi connectivity index (χ4v) is 3.32. The van der Waals surface area contributed by atoms with E-state index in [9.17, 15) is 40.7 Å². The van der Waals surface area contributed by atoms with Crippen molar-refractivity contribution in [2.24, 2.45) is 0 Å². The predicted octanol–water partition coefficient (Wildman–Crippen LogP) is 3.90. The summed E-state index contributed by atoms with van der Waals surface area (Å²) in [5.41, 5.74) is -1.44. The van der Waals surface area contributed by atoms with Crippen LogP contribution in [0.5, 0.6) is 0 Å². The van der Waals surface area contributed by atoms with E-state index in [1.807, 2.05) is 0 Å². The van der Waals surface area contributed by atoms with Gasteiger partial charge in [0.05, 0.1) is 0 Å². The van der Waals surface area contributed by atoms with E-state index >= 15 is 0 Å². The topological polar surface area (TPSA) is 87.3 Å². The van der Waals surface area contributed by atoms with Gasteiger partial charge in [-0.15, -0.1) is 0 Å².